The quantitative estimate of drug-likeness (QED) is 0.535. The Bertz CT molecular complexity index is 1120. The Labute approximate surface area is 189 Å². The van der Waals surface area contributed by atoms with Gasteiger partial charge in [-0.05, 0) is 55.7 Å². The van der Waals surface area contributed by atoms with Crippen LogP contribution in [0, 0.1) is 13.8 Å². The molecule has 0 unspecified atom stereocenters. The van der Waals surface area contributed by atoms with Gasteiger partial charge in [-0.3, -0.25) is 0 Å². The first-order valence-corrected chi connectivity index (χ1v) is 10.8. The van der Waals surface area contributed by atoms with Gasteiger partial charge in [0.15, 0.2) is 0 Å². The Morgan fingerprint density at radius 2 is 1.79 bits per heavy atom. The Hall–Kier alpha value is -1.91. The number of hydrogen-bond acceptors (Lipinski definition) is 2. The predicted molar refractivity (Wildman–Crippen MR) is 122 cm³/mol. The summed E-state index contributed by atoms with van der Waals surface area (Å²) in [6, 6.07) is 13.4. The fourth-order valence-electron chi connectivity index (χ4n) is 4.33. The number of fused-ring (bicyclic) bond motifs is 2. The van der Waals surface area contributed by atoms with Gasteiger partial charge in [0, 0.05) is 36.0 Å². The summed E-state index contributed by atoms with van der Waals surface area (Å²) in [7, 11) is 2.17. The van der Waals surface area contributed by atoms with Gasteiger partial charge < -0.3 is 21.9 Å². The molecule has 0 saturated heterocycles. The Balaban J connectivity index is 0.00000240. The van der Waals surface area contributed by atoms with Gasteiger partial charge in [0.2, 0.25) is 5.52 Å². The first-order chi connectivity index (χ1) is 13.3. The standard InChI is InChI=1S/C25H29N2S.BrH/c1-7-27-21-15-17(2)18(3)16-22(21)28-24(27)14-10-13-23-25(4,5)19-11-8-9-12-20(19)26(23)6;/h8-16H,7H2,1-6H3;1H/q+1;/p-1. The molecule has 2 nitrogen and oxygen atoms in total. The van der Waals surface area contributed by atoms with Gasteiger partial charge in [0.1, 0.15) is 11.2 Å². The number of aromatic nitrogens is 1. The van der Waals surface area contributed by atoms with Crippen LogP contribution in [-0.2, 0) is 12.0 Å². The van der Waals surface area contributed by atoms with Crippen LogP contribution < -0.4 is 26.4 Å². The third kappa shape index (κ3) is 3.57. The fourth-order valence-corrected chi connectivity index (χ4v) is 5.55. The third-order valence-corrected chi connectivity index (χ3v) is 7.21. The zero-order valence-electron chi connectivity index (χ0n) is 18.1. The summed E-state index contributed by atoms with van der Waals surface area (Å²) in [5, 5.41) is 1.30. The molecule has 1 aliphatic rings. The molecule has 2 aromatic carbocycles. The molecule has 1 aromatic heterocycles. The van der Waals surface area contributed by atoms with Gasteiger partial charge >= 0.3 is 0 Å². The topological polar surface area (TPSA) is 7.12 Å². The van der Waals surface area contributed by atoms with E-state index < -0.39 is 0 Å². The number of nitrogens with zero attached hydrogens (tertiary/aromatic N) is 2. The van der Waals surface area contributed by atoms with Crippen LogP contribution >= 0.6 is 11.3 Å². The summed E-state index contributed by atoms with van der Waals surface area (Å²) in [5.74, 6) is 0. The number of anilines is 1. The highest BCUT2D eigenvalue weighted by atomic mass is 79.9. The minimum absolute atomic E-state index is 0. The number of rotatable bonds is 3. The molecular formula is C25H29BrN2S. The lowest BCUT2D eigenvalue weighted by Crippen LogP contribution is -3.00. The van der Waals surface area contributed by atoms with Crippen molar-refractivity contribution < 1.29 is 21.5 Å². The second-order valence-corrected chi connectivity index (χ2v) is 9.26. The van der Waals surface area contributed by atoms with Gasteiger partial charge in [-0.25, -0.2) is 0 Å². The molecule has 0 radical (unpaired) electrons. The van der Waals surface area contributed by atoms with Crippen molar-refractivity contribution in [1.29, 1.82) is 0 Å². The van der Waals surface area contributed by atoms with Crippen LogP contribution in [0.2, 0.25) is 0 Å². The highest BCUT2D eigenvalue weighted by Gasteiger charge is 2.37. The van der Waals surface area contributed by atoms with Crippen molar-refractivity contribution in [2.24, 2.45) is 0 Å². The maximum Gasteiger partial charge on any atom is 0.262 e. The molecular weight excluding hydrogens is 440 g/mol. The maximum absolute atomic E-state index is 2.42. The van der Waals surface area contributed by atoms with E-state index in [1.807, 2.05) is 11.3 Å². The van der Waals surface area contributed by atoms with Crippen LogP contribution in [0.5, 0.6) is 0 Å². The summed E-state index contributed by atoms with van der Waals surface area (Å²) in [5.41, 5.74) is 8.12. The summed E-state index contributed by atoms with van der Waals surface area (Å²) < 4.78 is 3.78. The molecule has 0 atom stereocenters. The van der Waals surface area contributed by atoms with E-state index in [2.05, 4.69) is 106 Å². The molecule has 0 spiro atoms. The number of halogens is 1. The molecule has 4 rings (SSSR count). The number of thiazole rings is 1. The normalized spacial score (nSPS) is 16.6. The lowest BCUT2D eigenvalue weighted by Gasteiger charge is -2.23. The predicted octanol–water partition coefficient (Wildman–Crippen LogP) is 3.15. The Morgan fingerprint density at radius 3 is 2.48 bits per heavy atom. The van der Waals surface area contributed by atoms with Gasteiger partial charge in [0.05, 0.1) is 0 Å². The molecule has 3 aromatic rings. The summed E-state index contributed by atoms with van der Waals surface area (Å²) in [4.78, 5) is 2.32. The third-order valence-electron chi connectivity index (χ3n) is 6.10. The maximum atomic E-state index is 2.42. The van der Waals surface area contributed by atoms with Gasteiger partial charge in [-0.2, -0.15) is 4.57 Å². The van der Waals surface area contributed by atoms with Crippen molar-refractivity contribution in [3.8, 4) is 0 Å². The number of allylic oxidation sites excluding steroid dienone is 3. The summed E-state index contributed by atoms with van der Waals surface area (Å²) in [6.07, 6.45) is 6.76. The van der Waals surface area contributed by atoms with Crippen molar-refractivity contribution >= 4 is 33.3 Å². The number of benzene rings is 2. The highest BCUT2D eigenvalue weighted by Crippen LogP contribution is 2.46. The molecule has 0 amide bonds. The number of para-hydroxylation sites is 1. The first kappa shape index (κ1) is 21.8. The average Bonchev–Trinajstić information content (AvgIpc) is 3.09. The molecule has 4 heteroatoms. The molecule has 2 heterocycles. The second-order valence-electron chi connectivity index (χ2n) is 8.20. The molecule has 29 heavy (non-hydrogen) atoms. The number of likely N-dealkylation sites (N-methyl/N-ethyl adjacent to an activating group) is 1. The highest BCUT2D eigenvalue weighted by molar-refractivity contribution is 7.18. The fraction of sp³-hybridized carbons (Fsp3) is 0.320. The van der Waals surface area contributed by atoms with Crippen LogP contribution in [-0.4, -0.2) is 7.05 Å². The summed E-state index contributed by atoms with van der Waals surface area (Å²) in [6.45, 7) is 12.2. The average molecular weight is 469 g/mol. The molecule has 0 N–H and O–H groups in total. The molecule has 0 aliphatic carbocycles. The van der Waals surface area contributed by atoms with Gasteiger partial charge in [0.25, 0.3) is 5.01 Å². The van der Waals surface area contributed by atoms with Crippen molar-refractivity contribution in [2.45, 2.75) is 46.6 Å². The second kappa shape index (κ2) is 8.08. The zero-order chi connectivity index (χ0) is 20.1. The van der Waals surface area contributed by atoms with Crippen LogP contribution in [0.1, 0.15) is 42.5 Å². The molecule has 0 saturated carbocycles. The van der Waals surface area contributed by atoms with Crippen molar-refractivity contribution in [1.82, 2.24) is 0 Å². The largest absolute Gasteiger partial charge is 1.00 e. The van der Waals surface area contributed by atoms with Gasteiger partial charge in [-0.15, -0.1) is 0 Å². The summed E-state index contributed by atoms with van der Waals surface area (Å²) >= 11 is 1.88. The van der Waals surface area contributed by atoms with E-state index in [-0.39, 0.29) is 22.4 Å². The zero-order valence-corrected chi connectivity index (χ0v) is 20.5. The van der Waals surface area contributed by atoms with Crippen LogP contribution in [0.4, 0.5) is 5.69 Å². The van der Waals surface area contributed by atoms with E-state index in [0.29, 0.717) is 0 Å². The van der Waals surface area contributed by atoms with E-state index in [1.165, 1.54) is 43.3 Å². The van der Waals surface area contributed by atoms with Crippen molar-refractivity contribution in [3.63, 3.8) is 0 Å². The first-order valence-electron chi connectivity index (χ1n) is 10.00. The van der Waals surface area contributed by atoms with E-state index in [9.17, 15) is 0 Å². The minimum Gasteiger partial charge on any atom is -1.00 e. The van der Waals surface area contributed by atoms with E-state index in [1.54, 1.807) is 0 Å². The van der Waals surface area contributed by atoms with Crippen LogP contribution in [0.25, 0.3) is 16.3 Å². The SMILES string of the molecule is CC[n+]1c(/C=C/C=C2/N(C)c3ccccc3C2(C)C)sc2cc(C)c(C)cc21.[Br-]. The molecule has 1 aliphatic heterocycles. The van der Waals surface area contributed by atoms with Crippen molar-refractivity contribution in [2.75, 3.05) is 11.9 Å². The van der Waals surface area contributed by atoms with E-state index in [4.69, 9.17) is 0 Å². The Morgan fingerprint density at radius 1 is 1.10 bits per heavy atom. The Kier molecular flexibility index (Phi) is 6.07. The molecule has 0 fully saturated rings. The number of aryl methyl sites for hydroxylation is 3. The monoisotopic (exact) mass is 468 g/mol. The lowest BCUT2D eigenvalue weighted by molar-refractivity contribution is -0.665. The van der Waals surface area contributed by atoms with E-state index in [0.717, 1.165) is 6.54 Å². The van der Waals surface area contributed by atoms with Crippen LogP contribution in [0.15, 0.2) is 54.2 Å². The lowest BCUT2D eigenvalue weighted by atomic mass is 9.84. The van der Waals surface area contributed by atoms with Gasteiger partial charge in [-0.1, -0.05) is 49.5 Å². The smallest absolute Gasteiger partial charge is 0.262 e. The van der Waals surface area contributed by atoms with E-state index >= 15 is 0 Å². The minimum atomic E-state index is 0. The van der Waals surface area contributed by atoms with Crippen LogP contribution in [0.3, 0.4) is 0 Å². The van der Waals surface area contributed by atoms with Crippen molar-refractivity contribution in [3.05, 3.63) is 75.9 Å². The molecule has 0 bridgehead atoms. The number of hydrogen-bond donors (Lipinski definition) is 0. The molecule has 152 valence electrons.